The first-order valence-corrected chi connectivity index (χ1v) is 8.59. The summed E-state index contributed by atoms with van der Waals surface area (Å²) in [7, 11) is 0. The summed E-state index contributed by atoms with van der Waals surface area (Å²) in [5, 5.41) is 7.20. The van der Waals surface area contributed by atoms with E-state index in [4.69, 9.17) is 23.2 Å². The van der Waals surface area contributed by atoms with Crippen LogP contribution in [0.3, 0.4) is 0 Å². The standard InChI is InChI=1S/C16H19Cl2N3O2.ClH/c17-10-3-4-13(18)14(8-10)21-7-5-12(16(21)23)15(22)20-11-2-1-6-19-9-11;/h3-4,8,11-12,19H,1-2,5-7,9H2,(H,20,22);1H. The molecule has 2 unspecified atom stereocenters. The number of anilines is 1. The highest BCUT2D eigenvalue weighted by molar-refractivity contribution is 6.36. The minimum atomic E-state index is -0.646. The van der Waals surface area contributed by atoms with Crippen LogP contribution in [-0.2, 0) is 9.59 Å². The Labute approximate surface area is 157 Å². The van der Waals surface area contributed by atoms with Gasteiger partial charge in [0.15, 0.2) is 0 Å². The number of hydrogen-bond acceptors (Lipinski definition) is 3. The van der Waals surface area contributed by atoms with Crippen LogP contribution in [0.2, 0.25) is 10.0 Å². The quantitative estimate of drug-likeness (QED) is 0.777. The third-order valence-corrected chi connectivity index (χ3v) is 4.92. The van der Waals surface area contributed by atoms with E-state index in [2.05, 4.69) is 10.6 Å². The molecule has 1 aromatic rings. The van der Waals surface area contributed by atoms with Crippen LogP contribution in [0.15, 0.2) is 18.2 Å². The van der Waals surface area contributed by atoms with Gasteiger partial charge in [0.1, 0.15) is 5.92 Å². The van der Waals surface area contributed by atoms with E-state index in [0.717, 1.165) is 25.9 Å². The van der Waals surface area contributed by atoms with Crippen LogP contribution in [0.25, 0.3) is 0 Å². The number of nitrogens with one attached hydrogen (secondary N) is 2. The van der Waals surface area contributed by atoms with Crippen LogP contribution < -0.4 is 15.5 Å². The molecular weight excluding hydrogens is 373 g/mol. The zero-order chi connectivity index (χ0) is 16.4. The lowest BCUT2D eigenvalue weighted by Gasteiger charge is -2.25. The van der Waals surface area contributed by atoms with Gasteiger partial charge >= 0.3 is 0 Å². The number of carbonyl (C=O) groups excluding carboxylic acids is 2. The average molecular weight is 393 g/mol. The summed E-state index contributed by atoms with van der Waals surface area (Å²) >= 11 is 12.2. The van der Waals surface area contributed by atoms with Gasteiger partial charge in [-0.2, -0.15) is 0 Å². The molecule has 2 fully saturated rings. The van der Waals surface area contributed by atoms with E-state index in [-0.39, 0.29) is 30.3 Å². The number of hydrogen-bond donors (Lipinski definition) is 2. The van der Waals surface area contributed by atoms with E-state index >= 15 is 0 Å². The van der Waals surface area contributed by atoms with Crippen molar-refractivity contribution in [3.8, 4) is 0 Å². The predicted molar refractivity (Wildman–Crippen MR) is 98.2 cm³/mol. The van der Waals surface area contributed by atoms with Crippen molar-refractivity contribution in [3.63, 3.8) is 0 Å². The molecule has 24 heavy (non-hydrogen) atoms. The maximum Gasteiger partial charge on any atom is 0.239 e. The highest BCUT2D eigenvalue weighted by Gasteiger charge is 2.39. The molecule has 5 nitrogen and oxygen atoms in total. The lowest BCUT2D eigenvalue weighted by atomic mass is 10.0. The molecule has 2 amide bonds. The van der Waals surface area contributed by atoms with E-state index in [1.54, 1.807) is 23.1 Å². The maximum atomic E-state index is 12.6. The van der Waals surface area contributed by atoms with Crippen LogP contribution in [0.1, 0.15) is 19.3 Å². The predicted octanol–water partition coefficient (Wildman–Crippen LogP) is 2.64. The lowest BCUT2D eigenvalue weighted by molar-refractivity contribution is -0.132. The molecule has 2 aliphatic rings. The summed E-state index contributed by atoms with van der Waals surface area (Å²) in [6, 6.07) is 5.10. The van der Waals surface area contributed by atoms with Gasteiger partial charge in [0.2, 0.25) is 11.8 Å². The van der Waals surface area contributed by atoms with Gasteiger partial charge in [0, 0.05) is 24.2 Å². The van der Waals surface area contributed by atoms with Gasteiger partial charge in [-0.3, -0.25) is 9.59 Å². The molecule has 2 saturated heterocycles. The normalized spacial score (nSPS) is 23.8. The number of nitrogens with zero attached hydrogens (tertiary/aromatic N) is 1. The summed E-state index contributed by atoms with van der Waals surface area (Å²) in [6.45, 7) is 2.21. The SMILES string of the molecule is Cl.O=C(NC1CCCNC1)C1CCN(c2cc(Cl)ccc2Cl)C1=O. The second kappa shape index (κ2) is 8.39. The molecule has 0 bridgehead atoms. The van der Waals surface area contributed by atoms with Crippen LogP contribution in [-0.4, -0.2) is 37.5 Å². The summed E-state index contributed by atoms with van der Waals surface area (Å²) in [5.41, 5.74) is 0.568. The van der Waals surface area contributed by atoms with Gasteiger partial charge < -0.3 is 15.5 Å². The third kappa shape index (κ3) is 4.14. The summed E-state index contributed by atoms with van der Waals surface area (Å²) in [5.74, 6) is -1.05. The van der Waals surface area contributed by atoms with E-state index in [9.17, 15) is 9.59 Å². The Kier molecular flexibility index (Phi) is 6.75. The third-order valence-electron chi connectivity index (χ3n) is 4.36. The summed E-state index contributed by atoms with van der Waals surface area (Å²) < 4.78 is 0. The highest BCUT2D eigenvalue weighted by Crippen LogP contribution is 2.33. The number of halogens is 3. The first-order chi connectivity index (χ1) is 11.1. The van der Waals surface area contributed by atoms with Crippen molar-refractivity contribution in [3.05, 3.63) is 28.2 Å². The Morgan fingerprint density at radius 3 is 2.79 bits per heavy atom. The molecule has 8 heteroatoms. The van der Waals surface area contributed by atoms with Crippen molar-refractivity contribution in [1.82, 2.24) is 10.6 Å². The smallest absolute Gasteiger partial charge is 0.239 e. The summed E-state index contributed by atoms with van der Waals surface area (Å²) in [6.07, 6.45) is 2.48. The van der Waals surface area contributed by atoms with Crippen molar-refractivity contribution >= 4 is 53.1 Å². The molecule has 132 valence electrons. The van der Waals surface area contributed by atoms with Crippen molar-refractivity contribution in [1.29, 1.82) is 0 Å². The van der Waals surface area contributed by atoms with Crippen molar-refractivity contribution in [2.45, 2.75) is 25.3 Å². The van der Waals surface area contributed by atoms with Gasteiger partial charge in [0.25, 0.3) is 0 Å². The van der Waals surface area contributed by atoms with Gasteiger partial charge in [-0.25, -0.2) is 0 Å². The summed E-state index contributed by atoms with van der Waals surface area (Å²) in [4.78, 5) is 26.6. The Morgan fingerprint density at radius 2 is 2.08 bits per heavy atom. The van der Waals surface area contributed by atoms with Gasteiger partial charge in [-0.05, 0) is 44.0 Å². The van der Waals surface area contributed by atoms with Crippen LogP contribution in [0, 0.1) is 5.92 Å². The average Bonchev–Trinajstić information content (AvgIpc) is 2.92. The van der Waals surface area contributed by atoms with Gasteiger partial charge in [0.05, 0.1) is 10.7 Å². The molecule has 2 heterocycles. The van der Waals surface area contributed by atoms with E-state index in [0.29, 0.717) is 28.7 Å². The second-order valence-corrected chi connectivity index (χ2v) is 6.82. The van der Waals surface area contributed by atoms with Gasteiger partial charge in [-0.15, -0.1) is 12.4 Å². The van der Waals surface area contributed by atoms with Crippen LogP contribution in [0.4, 0.5) is 5.69 Å². The zero-order valence-corrected chi connectivity index (χ0v) is 15.4. The minimum absolute atomic E-state index is 0. The molecule has 3 rings (SSSR count). The Morgan fingerprint density at radius 1 is 1.29 bits per heavy atom. The maximum absolute atomic E-state index is 12.6. The van der Waals surface area contributed by atoms with E-state index < -0.39 is 5.92 Å². The molecule has 0 spiro atoms. The molecule has 0 aromatic heterocycles. The minimum Gasteiger partial charge on any atom is -0.351 e. The number of piperidine rings is 1. The molecule has 0 radical (unpaired) electrons. The van der Waals surface area contributed by atoms with Crippen LogP contribution in [0.5, 0.6) is 0 Å². The number of rotatable bonds is 3. The first kappa shape index (κ1) is 19.3. The number of benzene rings is 1. The monoisotopic (exact) mass is 391 g/mol. The highest BCUT2D eigenvalue weighted by atomic mass is 35.5. The molecule has 1 aromatic carbocycles. The Bertz CT molecular complexity index is 621. The fourth-order valence-electron chi connectivity index (χ4n) is 3.13. The second-order valence-electron chi connectivity index (χ2n) is 5.98. The van der Waals surface area contributed by atoms with E-state index in [1.165, 1.54) is 0 Å². The molecule has 0 saturated carbocycles. The van der Waals surface area contributed by atoms with Crippen molar-refractivity contribution in [2.75, 3.05) is 24.5 Å². The first-order valence-electron chi connectivity index (χ1n) is 7.84. The largest absolute Gasteiger partial charge is 0.351 e. The lowest BCUT2D eigenvalue weighted by Crippen LogP contribution is -2.48. The molecular formula is C16H20Cl3N3O2. The fourth-order valence-corrected chi connectivity index (χ4v) is 3.52. The van der Waals surface area contributed by atoms with Crippen LogP contribution >= 0.6 is 35.6 Å². The topological polar surface area (TPSA) is 61.4 Å². The Hall–Kier alpha value is -1.01. The Balaban J connectivity index is 0.00000208. The molecule has 2 aliphatic heterocycles. The fraction of sp³-hybridized carbons (Fsp3) is 0.500. The van der Waals surface area contributed by atoms with Crippen molar-refractivity contribution in [2.24, 2.45) is 5.92 Å². The molecule has 2 atom stereocenters. The zero-order valence-electron chi connectivity index (χ0n) is 13.1. The number of carbonyl (C=O) groups is 2. The molecule has 2 N–H and O–H groups in total. The number of amides is 2. The van der Waals surface area contributed by atoms with Crippen molar-refractivity contribution < 1.29 is 9.59 Å². The van der Waals surface area contributed by atoms with Gasteiger partial charge in [-0.1, -0.05) is 23.2 Å². The van der Waals surface area contributed by atoms with E-state index in [1.807, 2.05) is 0 Å². The molecule has 0 aliphatic carbocycles.